The molecule has 0 saturated carbocycles. The largest absolute Gasteiger partial charge is 0.481 e. The summed E-state index contributed by atoms with van der Waals surface area (Å²) in [5, 5.41) is 12.4. The minimum atomic E-state index is -1.01. The second kappa shape index (κ2) is 8.05. The van der Waals surface area contributed by atoms with Gasteiger partial charge in [-0.15, -0.1) is 11.3 Å². The van der Waals surface area contributed by atoms with Crippen LogP contribution in [0.2, 0.25) is 0 Å². The number of nitrogens with zero attached hydrogens (tertiary/aromatic N) is 1. The monoisotopic (exact) mass is 408 g/mol. The Bertz CT molecular complexity index is 1020. The predicted molar refractivity (Wildman–Crippen MR) is 110 cm³/mol. The molecule has 6 nitrogen and oxygen atoms in total. The number of aliphatic carboxylic acids is 1. The second-order valence-electron chi connectivity index (χ2n) is 6.93. The zero-order valence-corrected chi connectivity index (χ0v) is 16.6. The number of carbonyl (C=O) groups is 2. The number of hydrogen-bond acceptors (Lipinski definition) is 5. The van der Waals surface area contributed by atoms with Crippen LogP contribution in [-0.4, -0.2) is 28.8 Å². The number of alkyl carbamates (subject to hydrolysis) is 1. The highest BCUT2D eigenvalue weighted by atomic mass is 32.1. The summed E-state index contributed by atoms with van der Waals surface area (Å²) in [7, 11) is 0. The first-order chi connectivity index (χ1) is 14.0. The van der Waals surface area contributed by atoms with Gasteiger partial charge in [-0.3, -0.25) is 4.79 Å². The molecule has 1 aliphatic rings. The Morgan fingerprint density at radius 3 is 2.31 bits per heavy atom. The zero-order valence-electron chi connectivity index (χ0n) is 15.8. The Labute approximate surface area is 172 Å². The van der Waals surface area contributed by atoms with Gasteiger partial charge in [0.05, 0.1) is 12.5 Å². The second-order valence-corrected chi connectivity index (χ2v) is 8.20. The number of aryl methyl sites for hydroxylation is 1. The highest BCUT2D eigenvalue weighted by Gasteiger charge is 2.29. The number of benzene rings is 2. The van der Waals surface area contributed by atoms with Crippen LogP contribution in [0.15, 0.2) is 54.7 Å². The first-order valence-electron chi connectivity index (χ1n) is 9.28. The fourth-order valence-electron chi connectivity index (χ4n) is 3.69. The minimum Gasteiger partial charge on any atom is -0.481 e. The number of aromatic nitrogens is 1. The topological polar surface area (TPSA) is 88.5 Å². The molecule has 1 heterocycles. The SMILES string of the molecule is Cc1cnc([C@H](CC(=O)O)NC(=O)OCC2c3ccccc3-c3ccccc32)s1. The van der Waals surface area contributed by atoms with Gasteiger partial charge in [-0.1, -0.05) is 48.5 Å². The molecule has 0 bridgehead atoms. The van der Waals surface area contributed by atoms with Crippen molar-refractivity contribution in [1.82, 2.24) is 10.3 Å². The third-order valence-corrected chi connectivity index (χ3v) is 5.98. The van der Waals surface area contributed by atoms with Crippen molar-refractivity contribution in [2.45, 2.75) is 25.3 Å². The van der Waals surface area contributed by atoms with E-state index < -0.39 is 18.1 Å². The van der Waals surface area contributed by atoms with E-state index in [2.05, 4.69) is 22.4 Å². The number of fused-ring (bicyclic) bond motifs is 3. The van der Waals surface area contributed by atoms with E-state index in [0.29, 0.717) is 5.01 Å². The van der Waals surface area contributed by atoms with Crippen LogP contribution in [0, 0.1) is 6.92 Å². The number of carbonyl (C=O) groups excluding carboxylic acids is 1. The Morgan fingerprint density at radius 2 is 1.76 bits per heavy atom. The lowest BCUT2D eigenvalue weighted by atomic mass is 9.98. The Morgan fingerprint density at radius 1 is 1.14 bits per heavy atom. The highest BCUT2D eigenvalue weighted by molar-refractivity contribution is 7.11. The van der Waals surface area contributed by atoms with E-state index in [0.717, 1.165) is 27.1 Å². The predicted octanol–water partition coefficient (Wildman–Crippen LogP) is 4.51. The van der Waals surface area contributed by atoms with Gasteiger partial charge in [0.1, 0.15) is 11.6 Å². The molecule has 4 rings (SSSR count). The van der Waals surface area contributed by atoms with Crippen LogP contribution in [0.1, 0.15) is 39.4 Å². The fourth-order valence-corrected chi connectivity index (χ4v) is 4.52. The van der Waals surface area contributed by atoms with E-state index >= 15 is 0 Å². The number of nitrogens with one attached hydrogen (secondary N) is 1. The minimum absolute atomic E-state index is 0.0480. The van der Waals surface area contributed by atoms with Crippen molar-refractivity contribution in [3.05, 3.63) is 75.7 Å². The summed E-state index contributed by atoms with van der Waals surface area (Å²) in [4.78, 5) is 28.8. The molecule has 1 aliphatic carbocycles. The number of rotatable bonds is 6. The van der Waals surface area contributed by atoms with Crippen molar-refractivity contribution in [2.75, 3.05) is 6.61 Å². The Hall–Kier alpha value is -3.19. The van der Waals surface area contributed by atoms with E-state index in [4.69, 9.17) is 4.74 Å². The third kappa shape index (κ3) is 4.00. The van der Waals surface area contributed by atoms with Crippen molar-refractivity contribution in [2.24, 2.45) is 0 Å². The average molecular weight is 408 g/mol. The average Bonchev–Trinajstić information content (AvgIpc) is 3.27. The van der Waals surface area contributed by atoms with E-state index in [1.807, 2.05) is 43.3 Å². The van der Waals surface area contributed by atoms with Crippen LogP contribution < -0.4 is 5.32 Å². The van der Waals surface area contributed by atoms with E-state index in [1.54, 1.807) is 6.20 Å². The molecule has 29 heavy (non-hydrogen) atoms. The smallest absolute Gasteiger partial charge is 0.407 e. The number of ether oxygens (including phenoxy) is 1. The molecule has 2 N–H and O–H groups in total. The fraction of sp³-hybridized carbons (Fsp3) is 0.227. The van der Waals surface area contributed by atoms with Crippen molar-refractivity contribution in [1.29, 1.82) is 0 Å². The maximum atomic E-state index is 12.4. The van der Waals surface area contributed by atoms with Crippen LogP contribution in [0.3, 0.4) is 0 Å². The standard InChI is InChI=1S/C22H20N2O4S/c1-13-11-23-21(29-13)19(10-20(25)26)24-22(27)28-12-18-16-8-4-2-6-14(16)15-7-3-5-9-17(15)18/h2-9,11,18-19H,10,12H2,1H3,(H,24,27)(H,25,26)/t19-/m0/s1. The molecular formula is C22H20N2O4S. The Balaban J connectivity index is 1.47. The summed E-state index contributed by atoms with van der Waals surface area (Å²) in [6.45, 7) is 2.06. The normalized spacial score (nSPS) is 13.4. The van der Waals surface area contributed by atoms with Crippen molar-refractivity contribution >= 4 is 23.4 Å². The summed E-state index contributed by atoms with van der Waals surface area (Å²) in [6.07, 6.45) is 0.761. The lowest BCUT2D eigenvalue weighted by Gasteiger charge is -2.17. The molecule has 0 unspecified atom stereocenters. The third-order valence-electron chi connectivity index (χ3n) is 4.95. The van der Waals surface area contributed by atoms with Crippen molar-refractivity contribution < 1.29 is 19.4 Å². The molecule has 1 atom stereocenters. The van der Waals surface area contributed by atoms with E-state index in [-0.39, 0.29) is 18.9 Å². The maximum Gasteiger partial charge on any atom is 0.407 e. The van der Waals surface area contributed by atoms with Crippen molar-refractivity contribution in [3.63, 3.8) is 0 Å². The first kappa shape index (κ1) is 19.1. The van der Waals surface area contributed by atoms with Gasteiger partial charge in [0.2, 0.25) is 0 Å². The first-order valence-corrected chi connectivity index (χ1v) is 10.1. The number of hydrogen-bond donors (Lipinski definition) is 2. The summed E-state index contributed by atoms with van der Waals surface area (Å²) < 4.78 is 5.51. The summed E-state index contributed by atoms with van der Waals surface area (Å²) in [5.74, 6) is -1.06. The van der Waals surface area contributed by atoms with Gasteiger partial charge in [0.25, 0.3) is 0 Å². The molecule has 0 fully saturated rings. The van der Waals surface area contributed by atoms with Crippen molar-refractivity contribution in [3.8, 4) is 11.1 Å². The molecule has 0 spiro atoms. The summed E-state index contributed by atoms with van der Waals surface area (Å²) in [6, 6.07) is 15.5. The highest BCUT2D eigenvalue weighted by Crippen LogP contribution is 2.44. The molecule has 1 amide bonds. The van der Waals surface area contributed by atoms with Crippen LogP contribution in [0.25, 0.3) is 11.1 Å². The summed E-state index contributed by atoms with van der Waals surface area (Å²) >= 11 is 1.36. The lowest BCUT2D eigenvalue weighted by molar-refractivity contribution is -0.137. The Kier molecular flexibility index (Phi) is 5.31. The molecule has 3 aromatic rings. The van der Waals surface area contributed by atoms with Crippen LogP contribution in [0.4, 0.5) is 4.79 Å². The molecule has 0 radical (unpaired) electrons. The van der Waals surface area contributed by atoms with Gasteiger partial charge >= 0.3 is 12.1 Å². The molecule has 0 aliphatic heterocycles. The molecule has 2 aromatic carbocycles. The molecule has 0 saturated heterocycles. The van der Waals surface area contributed by atoms with Gasteiger partial charge in [0.15, 0.2) is 0 Å². The van der Waals surface area contributed by atoms with Gasteiger partial charge in [-0.2, -0.15) is 0 Å². The molecule has 1 aromatic heterocycles. The lowest BCUT2D eigenvalue weighted by Crippen LogP contribution is -2.31. The number of amides is 1. The van der Waals surface area contributed by atoms with Gasteiger partial charge < -0.3 is 15.2 Å². The number of thiazole rings is 1. The van der Waals surface area contributed by atoms with E-state index in [1.165, 1.54) is 11.3 Å². The van der Waals surface area contributed by atoms with Crippen LogP contribution in [-0.2, 0) is 9.53 Å². The van der Waals surface area contributed by atoms with Gasteiger partial charge in [-0.05, 0) is 29.2 Å². The maximum absolute atomic E-state index is 12.4. The quantitative estimate of drug-likeness (QED) is 0.627. The molecular weight excluding hydrogens is 388 g/mol. The molecule has 148 valence electrons. The molecule has 7 heteroatoms. The number of carboxylic acid groups (broad SMARTS) is 1. The van der Waals surface area contributed by atoms with Crippen LogP contribution in [0.5, 0.6) is 0 Å². The van der Waals surface area contributed by atoms with E-state index in [9.17, 15) is 14.7 Å². The van der Waals surface area contributed by atoms with Gasteiger partial charge in [0, 0.05) is 17.0 Å². The van der Waals surface area contributed by atoms with Gasteiger partial charge in [-0.25, -0.2) is 9.78 Å². The zero-order chi connectivity index (χ0) is 20.4. The summed E-state index contributed by atoms with van der Waals surface area (Å²) in [5.41, 5.74) is 4.55. The van der Waals surface area contributed by atoms with Crippen LogP contribution >= 0.6 is 11.3 Å². The number of carboxylic acids is 1.